The number of hydrogen-bond acceptors (Lipinski definition) is 3. The van der Waals surface area contributed by atoms with Gasteiger partial charge in [-0.1, -0.05) is 34.1 Å². The van der Waals surface area contributed by atoms with Crippen LogP contribution >= 0.6 is 15.9 Å². The molecule has 1 aliphatic heterocycles. The van der Waals surface area contributed by atoms with Crippen LogP contribution in [0.2, 0.25) is 0 Å². The second kappa shape index (κ2) is 6.19. The van der Waals surface area contributed by atoms with Gasteiger partial charge in [0.05, 0.1) is 11.3 Å². The van der Waals surface area contributed by atoms with Gasteiger partial charge in [-0.15, -0.1) is 0 Å². The lowest BCUT2D eigenvalue weighted by molar-refractivity contribution is 0.653. The number of piperazine rings is 1. The number of para-hydroxylation sites is 1. The summed E-state index contributed by atoms with van der Waals surface area (Å²) < 4.78 is 1.02. The summed E-state index contributed by atoms with van der Waals surface area (Å²) in [5.74, 6) is 0. The van der Waals surface area contributed by atoms with Crippen LogP contribution in [0.4, 0.5) is 11.4 Å². The van der Waals surface area contributed by atoms with E-state index in [4.69, 9.17) is 0 Å². The van der Waals surface area contributed by atoms with E-state index in [1.165, 1.54) is 5.69 Å². The molecule has 0 amide bonds. The van der Waals surface area contributed by atoms with Crippen molar-refractivity contribution in [3.63, 3.8) is 0 Å². The molecule has 0 aromatic heterocycles. The van der Waals surface area contributed by atoms with Crippen molar-refractivity contribution in [2.45, 2.75) is 0 Å². The Bertz CT molecular complexity index is 655. The molecular weight excluding hydrogens is 326 g/mol. The van der Waals surface area contributed by atoms with Crippen molar-refractivity contribution in [3.05, 3.63) is 58.6 Å². The second-order valence-corrected chi connectivity index (χ2v) is 6.00. The number of nitrogens with zero attached hydrogens (tertiary/aromatic N) is 3. The Morgan fingerprint density at radius 1 is 0.905 bits per heavy atom. The van der Waals surface area contributed by atoms with Crippen molar-refractivity contribution >= 4 is 27.3 Å². The zero-order valence-electron chi connectivity index (χ0n) is 11.7. The first-order chi connectivity index (χ1) is 10.3. The summed E-state index contributed by atoms with van der Waals surface area (Å²) in [6.45, 7) is 3.81. The summed E-state index contributed by atoms with van der Waals surface area (Å²) in [6.07, 6.45) is 0. The molecule has 0 spiro atoms. The molecule has 1 fully saturated rings. The highest BCUT2D eigenvalue weighted by Gasteiger charge is 2.19. The topological polar surface area (TPSA) is 30.3 Å². The van der Waals surface area contributed by atoms with Gasteiger partial charge in [0.2, 0.25) is 0 Å². The molecule has 3 rings (SSSR count). The lowest BCUT2D eigenvalue weighted by Crippen LogP contribution is -2.46. The molecule has 1 heterocycles. The van der Waals surface area contributed by atoms with Crippen LogP contribution in [-0.4, -0.2) is 26.2 Å². The van der Waals surface area contributed by atoms with E-state index in [0.29, 0.717) is 0 Å². The highest BCUT2D eigenvalue weighted by Crippen LogP contribution is 2.26. The van der Waals surface area contributed by atoms with Crippen molar-refractivity contribution in [1.29, 1.82) is 5.26 Å². The maximum absolute atomic E-state index is 9.27. The summed E-state index contributed by atoms with van der Waals surface area (Å²) in [7, 11) is 0. The lowest BCUT2D eigenvalue weighted by Gasteiger charge is -2.37. The zero-order chi connectivity index (χ0) is 14.7. The van der Waals surface area contributed by atoms with Crippen LogP contribution in [0.1, 0.15) is 5.56 Å². The minimum absolute atomic E-state index is 0.742. The van der Waals surface area contributed by atoms with Gasteiger partial charge < -0.3 is 9.80 Å². The van der Waals surface area contributed by atoms with Crippen LogP contribution in [0.5, 0.6) is 0 Å². The standard InChI is InChI=1S/C17H16BrN3/c18-15-7-6-14(13-19)17(12-15)21-10-8-20(9-11-21)16-4-2-1-3-5-16/h1-7,12H,8-11H2. The van der Waals surface area contributed by atoms with Crippen LogP contribution in [0.3, 0.4) is 0 Å². The largest absolute Gasteiger partial charge is 0.368 e. The van der Waals surface area contributed by atoms with Gasteiger partial charge in [0.1, 0.15) is 6.07 Å². The third-order valence-corrected chi connectivity index (χ3v) is 4.32. The SMILES string of the molecule is N#Cc1ccc(Br)cc1N1CCN(c2ccccc2)CC1. The predicted octanol–water partition coefficient (Wildman–Crippen LogP) is 3.65. The Hall–Kier alpha value is -1.99. The number of nitriles is 1. The fourth-order valence-corrected chi connectivity index (χ4v) is 3.05. The predicted molar refractivity (Wildman–Crippen MR) is 89.7 cm³/mol. The summed E-state index contributed by atoms with van der Waals surface area (Å²) in [6, 6.07) is 18.6. The Morgan fingerprint density at radius 2 is 1.57 bits per heavy atom. The minimum atomic E-state index is 0.742. The number of halogens is 1. The van der Waals surface area contributed by atoms with Gasteiger partial charge in [0, 0.05) is 36.3 Å². The van der Waals surface area contributed by atoms with Gasteiger partial charge >= 0.3 is 0 Å². The zero-order valence-corrected chi connectivity index (χ0v) is 13.3. The molecule has 0 atom stereocenters. The van der Waals surface area contributed by atoms with E-state index >= 15 is 0 Å². The first kappa shape index (κ1) is 14.0. The van der Waals surface area contributed by atoms with Crippen LogP contribution in [0.15, 0.2) is 53.0 Å². The molecule has 1 aliphatic rings. The third kappa shape index (κ3) is 3.03. The molecule has 0 saturated carbocycles. The van der Waals surface area contributed by atoms with E-state index in [9.17, 15) is 5.26 Å². The van der Waals surface area contributed by atoms with Gasteiger partial charge in [-0.3, -0.25) is 0 Å². The molecule has 0 N–H and O–H groups in total. The Morgan fingerprint density at radius 3 is 2.24 bits per heavy atom. The van der Waals surface area contributed by atoms with Crippen LogP contribution < -0.4 is 9.80 Å². The van der Waals surface area contributed by atoms with Crippen molar-refractivity contribution in [3.8, 4) is 6.07 Å². The quantitative estimate of drug-likeness (QED) is 0.835. The van der Waals surface area contributed by atoms with Crippen molar-refractivity contribution in [2.75, 3.05) is 36.0 Å². The molecule has 1 saturated heterocycles. The van der Waals surface area contributed by atoms with Gasteiger partial charge in [0.15, 0.2) is 0 Å². The van der Waals surface area contributed by atoms with E-state index in [1.54, 1.807) is 0 Å². The van der Waals surface area contributed by atoms with Gasteiger partial charge in [-0.2, -0.15) is 5.26 Å². The highest BCUT2D eigenvalue weighted by atomic mass is 79.9. The summed E-state index contributed by atoms with van der Waals surface area (Å²) in [4.78, 5) is 4.68. The van der Waals surface area contributed by atoms with Crippen molar-refractivity contribution < 1.29 is 0 Å². The Kier molecular flexibility index (Phi) is 4.12. The molecule has 106 valence electrons. The molecular formula is C17H16BrN3. The first-order valence-corrected chi connectivity index (χ1v) is 7.82. The Balaban J connectivity index is 1.75. The van der Waals surface area contributed by atoms with Crippen LogP contribution in [0, 0.1) is 11.3 Å². The van der Waals surface area contributed by atoms with Crippen molar-refractivity contribution in [2.24, 2.45) is 0 Å². The van der Waals surface area contributed by atoms with Crippen LogP contribution in [0.25, 0.3) is 0 Å². The first-order valence-electron chi connectivity index (χ1n) is 7.02. The number of hydrogen-bond donors (Lipinski definition) is 0. The van der Waals surface area contributed by atoms with Gasteiger partial charge in [-0.25, -0.2) is 0 Å². The number of rotatable bonds is 2. The molecule has 2 aromatic rings. The maximum atomic E-state index is 9.27. The maximum Gasteiger partial charge on any atom is 0.101 e. The number of benzene rings is 2. The lowest BCUT2D eigenvalue weighted by atomic mass is 10.1. The molecule has 3 nitrogen and oxygen atoms in total. The van der Waals surface area contributed by atoms with Gasteiger partial charge in [0.25, 0.3) is 0 Å². The Labute approximate surface area is 133 Å². The van der Waals surface area contributed by atoms with E-state index in [2.05, 4.69) is 56.1 Å². The van der Waals surface area contributed by atoms with Crippen LogP contribution in [-0.2, 0) is 0 Å². The average molecular weight is 342 g/mol. The normalized spacial score (nSPS) is 14.9. The average Bonchev–Trinajstić information content (AvgIpc) is 2.56. The van der Waals surface area contributed by atoms with E-state index < -0.39 is 0 Å². The molecule has 0 radical (unpaired) electrons. The van der Waals surface area contributed by atoms with E-state index in [0.717, 1.165) is 41.9 Å². The minimum Gasteiger partial charge on any atom is -0.368 e. The second-order valence-electron chi connectivity index (χ2n) is 5.08. The van der Waals surface area contributed by atoms with Crippen molar-refractivity contribution in [1.82, 2.24) is 0 Å². The molecule has 2 aromatic carbocycles. The molecule has 4 heteroatoms. The third-order valence-electron chi connectivity index (χ3n) is 3.82. The monoisotopic (exact) mass is 341 g/mol. The fourth-order valence-electron chi connectivity index (χ4n) is 2.71. The van der Waals surface area contributed by atoms with E-state index in [-0.39, 0.29) is 0 Å². The smallest absolute Gasteiger partial charge is 0.101 e. The molecule has 0 bridgehead atoms. The van der Waals surface area contributed by atoms with Gasteiger partial charge in [-0.05, 0) is 30.3 Å². The van der Waals surface area contributed by atoms with E-state index in [1.807, 2.05) is 24.3 Å². The number of anilines is 2. The molecule has 0 aliphatic carbocycles. The molecule has 21 heavy (non-hydrogen) atoms. The molecule has 0 unspecified atom stereocenters. The highest BCUT2D eigenvalue weighted by molar-refractivity contribution is 9.10. The fraction of sp³-hybridized carbons (Fsp3) is 0.235. The summed E-state index contributed by atoms with van der Waals surface area (Å²) >= 11 is 3.49. The summed E-state index contributed by atoms with van der Waals surface area (Å²) in [5.41, 5.74) is 3.04. The summed E-state index contributed by atoms with van der Waals surface area (Å²) in [5, 5.41) is 9.27.